The number of fused-ring (bicyclic) bond motifs is 1. The minimum Gasteiger partial charge on any atom is -0.312 e. The summed E-state index contributed by atoms with van der Waals surface area (Å²) in [4.78, 5) is 0.627. The van der Waals surface area contributed by atoms with Crippen molar-refractivity contribution in [2.45, 2.75) is 11.8 Å². The van der Waals surface area contributed by atoms with Gasteiger partial charge in [-0.2, -0.15) is 0 Å². The third kappa shape index (κ3) is 1.77. The Kier molecular flexibility index (Phi) is 3.06. The van der Waals surface area contributed by atoms with Crippen LogP contribution in [0.25, 0.3) is 6.08 Å². The van der Waals surface area contributed by atoms with Crippen molar-refractivity contribution in [1.82, 2.24) is 5.32 Å². The van der Waals surface area contributed by atoms with E-state index in [2.05, 4.69) is 5.32 Å². The van der Waals surface area contributed by atoms with Gasteiger partial charge in [0, 0.05) is 6.54 Å². The number of rotatable bonds is 3. The molecule has 3 nitrogen and oxygen atoms in total. The first-order valence-electron chi connectivity index (χ1n) is 5.02. The van der Waals surface area contributed by atoms with E-state index in [0.29, 0.717) is 22.0 Å². The van der Waals surface area contributed by atoms with E-state index < -0.39 is 9.84 Å². The van der Waals surface area contributed by atoms with E-state index in [9.17, 15) is 8.42 Å². The Labute approximate surface area is 100 Å². The smallest absolute Gasteiger partial charge is 0.206 e. The minimum absolute atomic E-state index is 0.240. The van der Waals surface area contributed by atoms with Gasteiger partial charge in [-0.15, -0.1) is 0 Å². The summed E-state index contributed by atoms with van der Waals surface area (Å²) in [5.74, 6) is 0. The Morgan fingerprint density at radius 3 is 2.75 bits per heavy atom. The fourth-order valence-corrected chi connectivity index (χ4v) is 3.78. The molecule has 0 fully saturated rings. The molecule has 0 amide bonds. The first kappa shape index (κ1) is 11.6. The molecular weight excluding hydrogens is 246 g/mol. The summed E-state index contributed by atoms with van der Waals surface area (Å²) < 4.78 is 24.2. The average molecular weight is 258 g/mol. The van der Waals surface area contributed by atoms with Gasteiger partial charge in [-0.3, -0.25) is 0 Å². The molecule has 0 spiro atoms. The molecule has 2 rings (SSSR count). The molecule has 1 heterocycles. The lowest BCUT2D eigenvalue weighted by atomic mass is 10.2. The van der Waals surface area contributed by atoms with Crippen LogP contribution in [0, 0.1) is 0 Å². The highest BCUT2D eigenvalue weighted by molar-refractivity contribution is 7.96. The van der Waals surface area contributed by atoms with Gasteiger partial charge in [0.1, 0.15) is 0 Å². The van der Waals surface area contributed by atoms with Gasteiger partial charge in [-0.1, -0.05) is 30.7 Å². The van der Waals surface area contributed by atoms with Gasteiger partial charge >= 0.3 is 0 Å². The molecule has 0 saturated carbocycles. The first-order valence-corrected chi connectivity index (χ1v) is 6.88. The maximum atomic E-state index is 12.1. The van der Waals surface area contributed by atoms with Crippen LogP contribution in [0.1, 0.15) is 12.5 Å². The molecule has 1 N–H and O–H groups in total. The number of hydrogen-bond donors (Lipinski definition) is 1. The maximum Gasteiger partial charge on any atom is 0.206 e. The van der Waals surface area contributed by atoms with Crippen molar-refractivity contribution in [1.29, 1.82) is 0 Å². The Balaban J connectivity index is 2.48. The molecule has 86 valence electrons. The molecule has 0 aromatic heterocycles. The summed E-state index contributed by atoms with van der Waals surface area (Å²) >= 11 is 5.92. The summed E-state index contributed by atoms with van der Waals surface area (Å²) in [6, 6.07) is 5.11. The van der Waals surface area contributed by atoms with Gasteiger partial charge in [-0.05, 0) is 24.3 Å². The van der Waals surface area contributed by atoms with Crippen LogP contribution in [0.15, 0.2) is 28.0 Å². The number of halogens is 1. The largest absolute Gasteiger partial charge is 0.312 e. The van der Waals surface area contributed by atoms with E-state index in [-0.39, 0.29) is 4.90 Å². The van der Waals surface area contributed by atoms with Crippen LogP contribution in [-0.2, 0) is 9.84 Å². The second-order valence-electron chi connectivity index (χ2n) is 3.55. The molecule has 0 bridgehead atoms. The fourth-order valence-electron chi connectivity index (χ4n) is 1.70. The fraction of sp³-hybridized carbons (Fsp3) is 0.273. The lowest BCUT2D eigenvalue weighted by molar-refractivity contribution is 0.601. The topological polar surface area (TPSA) is 46.2 Å². The van der Waals surface area contributed by atoms with Crippen LogP contribution < -0.4 is 5.32 Å². The van der Waals surface area contributed by atoms with Crippen molar-refractivity contribution < 1.29 is 8.42 Å². The SMILES string of the molecule is CCNCC1=Cc2cccc(Cl)c2S1(=O)=O. The zero-order chi connectivity index (χ0) is 11.8. The molecule has 0 unspecified atom stereocenters. The van der Waals surface area contributed by atoms with E-state index in [1.807, 2.05) is 6.92 Å². The normalized spacial score (nSPS) is 17.0. The Hall–Kier alpha value is -0.840. The van der Waals surface area contributed by atoms with Crippen LogP contribution >= 0.6 is 11.6 Å². The van der Waals surface area contributed by atoms with E-state index in [1.54, 1.807) is 24.3 Å². The Bertz CT molecular complexity index is 549. The van der Waals surface area contributed by atoms with Crippen LogP contribution in [-0.4, -0.2) is 21.5 Å². The van der Waals surface area contributed by atoms with E-state index in [4.69, 9.17) is 11.6 Å². The second kappa shape index (κ2) is 4.20. The molecule has 0 aliphatic carbocycles. The first-order chi connectivity index (χ1) is 7.57. The molecule has 1 aromatic rings. The highest BCUT2D eigenvalue weighted by atomic mass is 35.5. The van der Waals surface area contributed by atoms with Crippen LogP contribution in [0.3, 0.4) is 0 Å². The van der Waals surface area contributed by atoms with Gasteiger partial charge in [0.25, 0.3) is 0 Å². The summed E-state index contributed by atoms with van der Waals surface area (Å²) in [6.45, 7) is 3.02. The quantitative estimate of drug-likeness (QED) is 0.902. The number of nitrogens with one attached hydrogen (secondary N) is 1. The minimum atomic E-state index is -3.38. The zero-order valence-electron chi connectivity index (χ0n) is 8.83. The van der Waals surface area contributed by atoms with Crippen molar-refractivity contribution >= 4 is 27.5 Å². The summed E-state index contributed by atoms with van der Waals surface area (Å²) in [7, 11) is -3.38. The lowest BCUT2D eigenvalue weighted by Crippen LogP contribution is -2.19. The van der Waals surface area contributed by atoms with Crippen molar-refractivity contribution in [2.75, 3.05) is 13.1 Å². The zero-order valence-corrected chi connectivity index (χ0v) is 10.4. The highest BCUT2D eigenvalue weighted by Gasteiger charge is 2.31. The predicted molar refractivity (Wildman–Crippen MR) is 65.2 cm³/mol. The number of hydrogen-bond acceptors (Lipinski definition) is 3. The van der Waals surface area contributed by atoms with E-state index in [1.165, 1.54) is 0 Å². The Morgan fingerprint density at radius 2 is 2.12 bits per heavy atom. The predicted octanol–water partition coefficient (Wildman–Crippen LogP) is 2.08. The van der Waals surface area contributed by atoms with Gasteiger partial charge in [0.05, 0.1) is 14.8 Å². The van der Waals surface area contributed by atoms with Crippen molar-refractivity contribution in [3.05, 3.63) is 33.7 Å². The van der Waals surface area contributed by atoms with E-state index >= 15 is 0 Å². The molecular formula is C11H12ClNO2S. The summed E-state index contributed by atoms with van der Waals surface area (Å²) in [5.41, 5.74) is 0.681. The molecule has 5 heteroatoms. The maximum absolute atomic E-state index is 12.1. The van der Waals surface area contributed by atoms with Gasteiger partial charge < -0.3 is 5.32 Å². The second-order valence-corrected chi connectivity index (χ2v) is 5.90. The standard InChI is InChI=1S/C11H12ClNO2S/c1-2-13-7-9-6-8-4-3-5-10(12)11(8)16(9,14)15/h3-6,13H,2,7H2,1H3. The number of sulfone groups is 1. The van der Waals surface area contributed by atoms with Crippen molar-refractivity contribution in [3.8, 4) is 0 Å². The van der Waals surface area contributed by atoms with Crippen molar-refractivity contribution in [2.24, 2.45) is 0 Å². The van der Waals surface area contributed by atoms with Crippen molar-refractivity contribution in [3.63, 3.8) is 0 Å². The average Bonchev–Trinajstić information content (AvgIpc) is 2.48. The third-order valence-corrected chi connectivity index (χ3v) is 4.85. The van der Waals surface area contributed by atoms with Gasteiger partial charge in [-0.25, -0.2) is 8.42 Å². The molecule has 1 aromatic carbocycles. The Morgan fingerprint density at radius 1 is 1.38 bits per heavy atom. The van der Waals surface area contributed by atoms with Crippen LogP contribution in [0.2, 0.25) is 5.02 Å². The van der Waals surface area contributed by atoms with Crippen LogP contribution in [0.4, 0.5) is 0 Å². The third-order valence-electron chi connectivity index (χ3n) is 2.48. The number of likely N-dealkylation sites (N-methyl/N-ethyl adjacent to an activating group) is 1. The summed E-state index contributed by atoms with van der Waals surface area (Å²) in [5, 5.41) is 3.30. The molecule has 1 aliphatic heterocycles. The van der Waals surface area contributed by atoms with Gasteiger partial charge in [0.2, 0.25) is 9.84 Å². The monoisotopic (exact) mass is 257 g/mol. The number of benzene rings is 1. The van der Waals surface area contributed by atoms with Crippen LogP contribution in [0.5, 0.6) is 0 Å². The molecule has 0 atom stereocenters. The summed E-state index contributed by atoms with van der Waals surface area (Å²) in [6.07, 6.45) is 1.68. The molecule has 0 radical (unpaired) electrons. The van der Waals surface area contributed by atoms with E-state index in [0.717, 1.165) is 6.54 Å². The highest BCUT2D eigenvalue weighted by Crippen LogP contribution is 2.37. The molecule has 1 aliphatic rings. The lowest BCUT2D eigenvalue weighted by Gasteiger charge is -2.05. The molecule has 0 saturated heterocycles. The molecule has 16 heavy (non-hydrogen) atoms. The van der Waals surface area contributed by atoms with Gasteiger partial charge in [0.15, 0.2) is 0 Å².